The van der Waals surface area contributed by atoms with E-state index in [2.05, 4.69) is 15.5 Å². The summed E-state index contributed by atoms with van der Waals surface area (Å²) in [6.07, 6.45) is 2.26. The Bertz CT molecular complexity index is 780. The van der Waals surface area contributed by atoms with Gasteiger partial charge in [0.1, 0.15) is 0 Å². The van der Waals surface area contributed by atoms with Gasteiger partial charge < -0.3 is 5.32 Å². The first kappa shape index (κ1) is 14.0. The van der Waals surface area contributed by atoms with E-state index in [9.17, 15) is 4.79 Å². The molecule has 1 amide bonds. The molecule has 1 aromatic heterocycles. The van der Waals surface area contributed by atoms with Crippen LogP contribution in [-0.4, -0.2) is 22.4 Å². The Hall–Kier alpha value is -1.92. The van der Waals surface area contributed by atoms with Gasteiger partial charge in [-0.1, -0.05) is 65.6 Å². The largest absolute Gasteiger partial charge is 0.300 e. The number of amides is 1. The van der Waals surface area contributed by atoms with Gasteiger partial charge in [0.15, 0.2) is 4.34 Å². The fraction of sp³-hybridized carbons (Fsp3) is 0.133. The molecule has 0 saturated heterocycles. The van der Waals surface area contributed by atoms with Gasteiger partial charge in [0.2, 0.25) is 11.0 Å². The summed E-state index contributed by atoms with van der Waals surface area (Å²) in [6, 6.07) is 14.1. The highest BCUT2D eigenvalue weighted by Gasteiger charge is 2.10. The van der Waals surface area contributed by atoms with E-state index in [1.54, 1.807) is 0 Å². The number of fused-ring (bicyclic) bond motifs is 1. The van der Waals surface area contributed by atoms with Crippen molar-refractivity contribution in [3.8, 4) is 0 Å². The molecule has 0 bridgehead atoms. The van der Waals surface area contributed by atoms with E-state index in [1.807, 2.05) is 48.7 Å². The zero-order valence-corrected chi connectivity index (χ0v) is 13.0. The van der Waals surface area contributed by atoms with Crippen molar-refractivity contribution in [2.24, 2.45) is 0 Å². The number of rotatable bonds is 4. The maximum atomic E-state index is 12.1. The molecule has 0 aliphatic carbocycles. The minimum absolute atomic E-state index is 0.0739. The van der Waals surface area contributed by atoms with E-state index >= 15 is 0 Å². The van der Waals surface area contributed by atoms with E-state index in [0.29, 0.717) is 11.6 Å². The van der Waals surface area contributed by atoms with E-state index in [4.69, 9.17) is 0 Å². The molecule has 6 heteroatoms. The fourth-order valence-electron chi connectivity index (χ4n) is 2.13. The molecule has 2 aromatic carbocycles. The first-order valence-electron chi connectivity index (χ1n) is 6.40. The van der Waals surface area contributed by atoms with Gasteiger partial charge in [0.05, 0.1) is 6.42 Å². The smallest absolute Gasteiger partial charge is 0.230 e. The van der Waals surface area contributed by atoms with Crippen molar-refractivity contribution < 1.29 is 4.79 Å². The number of carbonyl (C=O) groups is 1. The van der Waals surface area contributed by atoms with Gasteiger partial charge in [-0.25, -0.2) is 0 Å². The number of aromatic nitrogens is 2. The summed E-state index contributed by atoms with van der Waals surface area (Å²) in [6.45, 7) is 0. The highest BCUT2D eigenvalue weighted by atomic mass is 32.2. The third-order valence-corrected chi connectivity index (χ3v) is 4.87. The van der Waals surface area contributed by atoms with E-state index in [1.165, 1.54) is 23.1 Å². The molecule has 1 heterocycles. The van der Waals surface area contributed by atoms with Crippen LogP contribution in [0.15, 0.2) is 46.8 Å². The second-order valence-corrected chi connectivity index (χ2v) is 6.47. The number of nitrogens with one attached hydrogen (secondary N) is 1. The SMILES string of the molecule is CSc1nnc(NC(=O)Cc2cccc3ccccc23)s1. The predicted octanol–water partition coefficient (Wildman–Crippen LogP) is 3.59. The van der Waals surface area contributed by atoms with Gasteiger partial charge in [-0.05, 0) is 22.6 Å². The summed E-state index contributed by atoms with van der Waals surface area (Å²) < 4.78 is 0.843. The minimum atomic E-state index is -0.0739. The topological polar surface area (TPSA) is 54.9 Å². The second-order valence-electron chi connectivity index (χ2n) is 4.44. The van der Waals surface area contributed by atoms with Crippen LogP contribution in [0.4, 0.5) is 5.13 Å². The van der Waals surface area contributed by atoms with E-state index < -0.39 is 0 Å². The molecule has 0 fully saturated rings. The van der Waals surface area contributed by atoms with Crippen molar-refractivity contribution in [2.45, 2.75) is 10.8 Å². The Morgan fingerprint density at radius 1 is 1.19 bits per heavy atom. The maximum Gasteiger partial charge on any atom is 0.230 e. The van der Waals surface area contributed by atoms with Gasteiger partial charge >= 0.3 is 0 Å². The average molecular weight is 315 g/mol. The molecule has 3 rings (SSSR count). The van der Waals surface area contributed by atoms with Gasteiger partial charge in [-0.2, -0.15) is 0 Å². The Kier molecular flexibility index (Phi) is 4.17. The number of thioether (sulfide) groups is 1. The number of nitrogens with zero attached hydrogens (tertiary/aromatic N) is 2. The van der Waals surface area contributed by atoms with Gasteiger partial charge in [0, 0.05) is 0 Å². The molecular weight excluding hydrogens is 302 g/mol. The van der Waals surface area contributed by atoms with Crippen molar-refractivity contribution in [1.82, 2.24) is 10.2 Å². The lowest BCUT2D eigenvalue weighted by molar-refractivity contribution is -0.115. The lowest BCUT2D eigenvalue weighted by Gasteiger charge is -2.06. The Morgan fingerprint density at radius 2 is 2.00 bits per heavy atom. The number of anilines is 1. The van der Waals surface area contributed by atoms with Crippen molar-refractivity contribution >= 4 is 44.9 Å². The molecule has 0 atom stereocenters. The first-order valence-corrected chi connectivity index (χ1v) is 8.44. The number of benzene rings is 2. The van der Waals surface area contributed by atoms with Gasteiger partial charge in [-0.15, -0.1) is 10.2 Å². The summed E-state index contributed by atoms with van der Waals surface area (Å²) in [5, 5.41) is 13.5. The molecule has 0 aliphatic rings. The lowest BCUT2D eigenvalue weighted by atomic mass is 10.0. The molecule has 21 heavy (non-hydrogen) atoms. The molecule has 1 N–H and O–H groups in total. The summed E-state index contributed by atoms with van der Waals surface area (Å²) >= 11 is 2.90. The molecule has 0 spiro atoms. The zero-order valence-electron chi connectivity index (χ0n) is 11.4. The molecule has 4 nitrogen and oxygen atoms in total. The van der Waals surface area contributed by atoms with E-state index in [0.717, 1.165) is 20.7 Å². The van der Waals surface area contributed by atoms with Crippen molar-refractivity contribution in [3.05, 3.63) is 48.0 Å². The van der Waals surface area contributed by atoms with Crippen LogP contribution in [0.5, 0.6) is 0 Å². The normalized spacial score (nSPS) is 10.7. The molecule has 0 aliphatic heterocycles. The van der Waals surface area contributed by atoms with Crippen LogP contribution in [0.2, 0.25) is 0 Å². The highest BCUT2D eigenvalue weighted by Crippen LogP contribution is 2.24. The monoisotopic (exact) mass is 315 g/mol. The van der Waals surface area contributed by atoms with Crippen molar-refractivity contribution in [2.75, 3.05) is 11.6 Å². The average Bonchev–Trinajstić information content (AvgIpc) is 2.95. The van der Waals surface area contributed by atoms with E-state index in [-0.39, 0.29) is 5.91 Å². The van der Waals surface area contributed by atoms with Crippen molar-refractivity contribution in [3.63, 3.8) is 0 Å². The molecule has 3 aromatic rings. The standard InChI is InChI=1S/C15H13N3OS2/c1-20-15-18-17-14(21-15)16-13(19)9-11-7-4-6-10-5-2-3-8-12(10)11/h2-8H,9H2,1H3,(H,16,17,19). The second kappa shape index (κ2) is 6.24. The third kappa shape index (κ3) is 3.22. The Balaban J connectivity index is 1.77. The number of hydrogen-bond donors (Lipinski definition) is 1. The summed E-state index contributed by atoms with van der Waals surface area (Å²) in [5.41, 5.74) is 1.01. The Labute approximate surface area is 130 Å². The van der Waals surface area contributed by atoms with Gasteiger partial charge in [0.25, 0.3) is 0 Å². The van der Waals surface area contributed by atoms with Crippen LogP contribution in [0, 0.1) is 0 Å². The highest BCUT2D eigenvalue weighted by molar-refractivity contribution is 8.00. The molecular formula is C15H13N3OS2. The lowest BCUT2D eigenvalue weighted by Crippen LogP contribution is -2.14. The predicted molar refractivity (Wildman–Crippen MR) is 88.0 cm³/mol. The van der Waals surface area contributed by atoms with Crippen LogP contribution in [0.25, 0.3) is 10.8 Å². The Morgan fingerprint density at radius 3 is 2.81 bits per heavy atom. The quantitative estimate of drug-likeness (QED) is 0.590. The zero-order chi connectivity index (χ0) is 14.7. The fourth-order valence-corrected chi connectivity index (χ4v) is 3.31. The van der Waals surface area contributed by atoms with Crippen LogP contribution >= 0.6 is 23.1 Å². The van der Waals surface area contributed by atoms with Crippen LogP contribution in [0.1, 0.15) is 5.56 Å². The summed E-state index contributed by atoms with van der Waals surface area (Å²) in [4.78, 5) is 12.1. The number of hydrogen-bond acceptors (Lipinski definition) is 5. The van der Waals surface area contributed by atoms with Gasteiger partial charge in [-0.3, -0.25) is 4.79 Å². The molecule has 106 valence electrons. The maximum absolute atomic E-state index is 12.1. The third-order valence-electron chi connectivity index (χ3n) is 3.06. The molecule has 0 unspecified atom stereocenters. The van der Waals surface area contributed by atoms with Crippen LogP contribution < -0.4 is 5.32 Å². The van der Waals surface area contributed by atoms with Crippen molar-refractivity contribution in [1.29, 1.82) is 0 Å². The van der Waals surface area contributed by atoms with Crippen LogP contribution in [-0.2, 0) is 11.2 Å². The first-order chi connectivity index (χ1) is 10.3. The minimum Gasteiger partial charge on any atom is -0.300 e. The number of carbonyl (C=O) groups excluding carboxylic acids is 1. The molecule has 0 radical (unpaired) electrons. The molecule has 0 saturated carbocycles. The van der Waals surface area contributed by atoms with Crippen LogP contribution in [0.3, 0.4) is 0 Å². The summed E-state index contributed by atoms with van der Waals surface area (Å²) in [5.74, 6) is -0.0739. The summed E-state index contributed by atoms with van der Waals surface area (Å²) in [7, 11) is 0.